The van der Waals surface area contributed by atoms with Crippen LogP contribution in [0.15, 0.2) is 47.3 Å². The molecule has 0 radical (unpaired) electrons. The van der Waals surface area contributed by atoms with Gasteiger partial charge in [0.25, 0.3) is 5.91 Å². The third kappa shape index (κ3) is 2.71. The van der Waals surface area contributed by atoms with Gasteiger partial charge in [-0.15, -0.1) is 0 Å². The lowest BCUT2D eigenvalue weighted by Crippen LogP contribution is -2.13. The first-order valence-corrected chi connectivity index (χ1v) is 6.84. The van der Waals surface area contributed by atoms with Crippen molar-refractivity contribution in [3.05, 3.63) is 58.5 Å². The molecule has 3 aromatic rings. The summed E-state index contributed by atoms with van der Waals surface area (Å²) in [5.74, 6) is -0.192. The normalized spacial score (nSPS) is 10.6. The van der Waals surface area contributed by atoms with Gasteiger partial charge in [-0.25, -0.2) is 4.79 Å². The van der Waals surface area contributed by atoms with E-state index in [0.717, 1.165) is 5.69 Å². The maximum atomic E-state index is 12.2. The maximum Gasteiger partial charge on any atom is 0.323 e. The van der Waals surface area contributed by atoms with Gasteiger partial charge in [-0.1, -0.05) is 0 Å². The number of imidazole rings is 1. The molecule has 22 heavy (non-hydrogen) atoms. The summed E-state index contributed by atoms with van der Waals surface area (Å²) in [6.45, 7) is 0. The molecule has 1 aromatic heterocycles. The molecule has 0 saturated heterocycles. The van der Waals surface area contributed by atoms with Crippen LogP contribution >= 0.6 is 0 Å². The Hall–Kier alpha value is -3.02. The number of nitrogens with one attached hydrogen (secondary N) is 3. The van der Waals surface area contributed by atoms with E-state index >= 15 is 0 Å². The number of amides is 1. The molecule has 1 heterocycles. The van der Waals surface area contributed by atoms with E-state index in [4.69, 9.17) is 0 Å². The number of hydrogen-bond donors (Lipinski definition) is 3. The van der Waals surface area contributed by atoms with Crippen LogP contribution in [0.25, 0.3) is 11.0 Å². The second-order valence-corrected chi connectivity index (χ2v) is 5.23. The molecule has 0 bridgehead atoms. The lowest BCUT2D eigenvalue weighted by Gasteiger charge is -2.12. The third-order valence-corrected chi connectivity index (χ3v) is 3.42. The Kier molecular flexibility index (Phi) is 3.42. The summed E-state index contributed by atoms with van der Waals surface area (Å²) in [7, 11) is 3.89. The molecule has 0 saturated carbocycles. The number of nitrogens with zero attached hydrogens (tertiary/aromatic N) is 1. The molecular formula is C16H16N4O2. The highest BCUT2D eigenvalue weighted by Gasteiger charge is 2.07. The predicted octanol–water partition coefficient (Wildman–Crippen LogP) is 2.17. The number of H-pyrrole nitrogens is 2. The molecule has 0 atom stereocenters. The standard InChI is InChI=1S/C16H16N4O2/c1-20(2)12-6-3-10(4-7-12)15(21)17-11-5-8-13-14(9-11)19-16(22)18-13/h3-9H,1-2H3,(H,17,21)(H2,18,19,22). The fraction of sp³-hybridized carbons (Fsp3) is 0.125. The van der Waals surface area contributed by atoms with Gasteiger partial charge >= 0.3 is 5.69 Å². The van der Waals surface area contributed by atoms with Gasteiger partial charge in [0.2, 0.25) is 0 Å². The van der Waals surface area contributed by atoms with Gasteiger partial charge in [-0.05, 0) is 42.5 Å². The van der Waals surface area contributed by atoms with Crippen LogP contribution in [0.1, 0.15) is 10.4 Å². The fourth-order valence-corrected chi connectivity index (χ4v) is 2.22. The summed E-state index contributed by atoms with van der Waals surface area (Å²) in [5.41, 5.74) is 3.34. The number of aromatic nitrogens is 2. The summed E-state index contributed by atoms with van der Waals surface area (Å²) >= 11 is 0. The summed E-state index contributed by atoms with van der Waals surface area (Å²) in [6, 6.07) is 12.6. The zero-order chi connectivity index (χ0) is 15.7. The first-order chi connectivity index (χ1) is 10.5. The second-order valence-electron chi connectivity index (χ2n) is 5.23. The number of aromatic amines is 2. The summed E-state index contributed by atoms with van der Waals surface area (Å²) < 4.78 is 0. The largest absolute Gasteiger partial charge is 0.378 e. The van der Waals surface area contributed by atoms with Gasteiger partial charge in [0.15, 0.2) is 0 Å². The smallest absolute Gasteiger partial charge is 0.323 e. The second kappa shape index (κ2) is 5.40. The van der Waals surface area contributed by atoms with Crippen LogP contribution in [0, 0.1) is 0 Å². The van der Waals surface area contributed by atoms with Crippen molar-refractivity contribution in [2.75, 3.05) is 24.3 Å². The number of hydrogen-bond acceptors (Lipinski definition) is 3. The van der Waals surface area contributed by atoms with Crippen LogP contribution in [-0.4, -0.2) is 30.0 Å². The minimum absolute atomic E-state index is 0.192. The molecule has 0 aliphatic carbocycles. The van der Waals surface area contributed by atoms with Crippen LogP contribution in [-0.2, 0) is 0 Å². The SMILES string of the molecule is CN(C)c1ccc(C(=O)Nc2ccc3[nH]c(=O)[nH]c3c2)cc1. The first kappa shape index (κ1) is 13.9. The minimum Gasteiger partial charge on any atom is -0.378 e. The third-order valence-electron chi connectivity index (χ3n) is 3.42. The van der Waals surface area contributed by atoms with Crippen LogP contribution in [0.5, 0.6) is 0 Å². The Labute approximate surface area is 126 Å². The Bertz CT molecular complexity index is 875. The van der Waals surface area contributed by atoms with Crippen molar-refractivity contribution in [1.82, 2.24) is 9.97 Å². The number of benzene rings is 2. The average molecular weight is 296 g/mol. The number of carbonyl (C=O) groups is 1. The van der Waals surface area contributed by atoms with Crippen molar-refractivity contribution >= 4 is 28.3 Å². The highest BCUT2D eigenvalue weighted by atomic mass is 16.2. The van der Waals surface area contributed by atoms with Crippen LogP contribution in [0.2, 0.25) is 0 Å². The zero-order valence-electron chi connectivity index (χ0n) is 12.3. The van der Waals surface area contributed by atoms with Gasteiger partial charge in [0, 0.05) is 31.0 Å². The van der Waals surface area contributed by atoms with Crippen molar-refractivity contribution in [1.29, 1.82) is 0 Å². The van der Waals surface area contributed by atoms with Gasteiger partial charge in [0.1, 0.15) is 0 Å². The fourth-order valence-electron chi connectivity index (χ4n) is 2.22. The summed E-state index contributed by atoms with van der Waals surface area (Å²) in [4.78, 5) is 30.8. The van der Waals surface area contributed by atoms with E-state index in [0.29, 0.717) is 22.3 Å². The van der Waals surface area contributed by atoms with E-state index in [1.165, 1.54) is 0 Å². The summed E-state index contributed by atoms with van der Waals surface area (Å²) in [6.07, 6.45) is 0. The molecule has 0 unspecified atom stereocenters. The highest BCUT2D eigenvalue weighted by Crippen LogP contribution is 2.17. The molecule has 2 aromatic carbocycles. The molecule has 1 amide bonds. The molecule has 0 spiro atoms. The number of anilines is 2. The molecule has 0 fully saturated rings. The van der Waals surface area contributed by atoms with E-state index in [1.54, 1.807) is 30.3 Å². The quantitative estimate of drug-likeness (QED) is 0.693. The van der Waals surface area contributed by atoms with Gasteiger partial charge in [-0.2, -0.15) is 0 Å². The van der Waals surface area contributed by atoms with Crippen molar-refractivity contribution < 1.29 is 4.79 Å². The Morgan fingerprint density at radius 1 is 1.00 bits per heavy atom. The molecule has 3 N–H and O–H groups in total. The molecule has 6 heteroatoms. The molecule has 112 valence electrons. The predicted molar refractivity (Wildman–Crippen MR) is 87.6 cm³/mol. The molecule has 0 aliphatic heterocycles. The monoisotopic (exact) mass is 296 g/mol. The Morgan fingerprint density at radius 3 is 2.36 bits per heavy atom. The van der Waals surface area contributed by atoms with Crippen molar-refractivity contribution in [3.63, 3.8) is 0 Å². The number of carbonyl (C=O) groups excluding carboxylic acids is 1. The van der Waals surface area contributed by atoms with E-state index in [9.17, 15) is 9.59 Å². The van der Waals surface area contributed by atoms with E-state index in [-0.39, 0.29) is 11.6 Å². The summed E-state index contributed by atoms with van der Waals surface area (Å²) in [5, 5.41) is 2.82. The molecule has 6 nitrogen and oxygen atoms in total. The van der Waals surface area contributed by atoms with E-state index in [1.807, 2.05) is 31.1 Å². The lowest BCUT2D eigenvalue weighted by atomic mass is 10.2. The van der Waals surface area contributed by atoms with Crippen molar-refractivity contribution in [2.45, 2.75) is 0 Å². The van der Waals surface area contributed by atoms with E-state index in [2.05, 4.69) is 15.3 Å². The Morgan fingerprint density at radius 2 is 1.68 bits per heavy atom. The van der Waals surface area contributed by atoms with Gasteiger partial charge < -0.3 is 20.2 Å². The Balaban J connectivity index is 1.81. The highest BCUT2D eigenvalue weighted by molar-refractivity contribution is 6.05. The van der Waals surface area contributed by atoms with Gasteiger partial charge in [0.05, 0.1) is 11.0 Å². The van der Waals surface area contributed by atoms with Crippen LogP contribution in [0.3, 0.4) is 0 Å². The molecular weight excluding hydrogens is 280 g/mol. The van der Waals surface area contributed by atoms with Crippen molar-refractivity contribution in [3.8, 4) is 0 Å². The molecule has 0 aliphatic rings. The van der Waals surface area contributed by atoms with Crippen LogP contribution < -0.4 is 15.9 Å². The average Bonchev–Trinajstić information content (AvgIpc) is 2.86. The lowest BCUT2D eigenvalue weighted by molar-refractivity contribution is 0.102. The van der Waals surface area contributed by atoms with Crippen LogP contribution in [0.4, 0.5) is 11.4 Å². The minimum atomic E-state index is -0.266. The molecule has 3 rings (SSSR count). The topological polar surface area (TPSA) is 81.0 Å². The first-order valence-electron chi connectivity index (χ1n) is 6.84. The number of fused-ring (bicyclic) bond motifs is 1. The zero-order valence-corrected chi connectivity index (χ0v) is 12.3. The maximum absolute atomic E-state index is 12.2. The van der Waals surface area contributed by atoms with Gasteiger partial charge in [-0.3, -0.25) is 4.79 Å². The van der Waals surface area contributed by atoms with Crippen molar-refractivity contribution in [2.24, 2.45) is 0 Å². The number of rotatable bonds is 3. The van der Waals surface area contributed by atoms with E-state index < -0.39 is 0 Å².